The number of carbonyl (C=O) groups is 1. The number of rotatable bonds is 9. The van der Waals surface area contributed by atoms with Gasteiger partial charge in [0.1, 0.15) is 6.61 Å². The zero-order valence-corrected chi connectivity index (χ0v) is 18.8. The fourth-order valence-corrected chi connectivity index (χ4v) is 4.28. The maximum Gasteiger partial charge on any atom is 0.353 e. The van der Waals surface area contributed by atoms with E-state index in [1.54, 1.807) is 0 Å². The Kier molecular flexibility index (Phi) is 7.75. The minimum Gasteiger partial charge on any atom is -0.477 e. The predicted octanol–water partition coefficient (Wildman–Crippen LogP) is 5.66. The molecular weight excluding hydrogens is 412 g/mol. The van der Waals surface area contributed by atoms with Gasteiger partial charge in [0.25, 0.3) is 0 Å². The second-order valence-electron chi connectivity index (χ2n) is 8.44. The summed E-state index contributed by atoms with van der Waals surface area (Å²) in [6.45, 7) is 2.36. The Bertz CT molecular complexity index is 1040. The van der Waals surface area contributed by atoms with Gasteiger partial charge >= 0.3 is 5.97 Å². The second kappa shape index (κ2) is 11.3. The number of oxime groups is 1. The summed E-state index contributed by atoms with van der Waals surface area (Å²) in [6.07, 6.45) is 3.25. The normalized spacial score (nSPS) is 14.8. The summed E-state index contributed by atoms with van der Waals surface area (Å²) in [5.74, 6) is -0.402. The summed E-state index contributed by atoms with van der Waals surface area (Å²) in [5.41, 5.74) is 4.75. The molecule has 1 saturated heterocycles. The second-order valence-corrected chi connectivity index (χ2v) is 8.44. The lowest BCUT2D eigenvalue weighted by Crippen LogP contribution is -2.32. The van der Waals surface area contributed by atoms with Crippen molar-refractivity contribution in [1.29, 1.82) is 0 Å². The molecule has 0 bridgehead atoms. The molecule has 0 spiro atoms. The monoisotopic (exact) mass is 442 g/mol. The van der Waals surface area contributed by atoms with Crippen molar-refractivity contribution < 1.29 is 14.7 Å². The molecule has 0 unspecified atom stereocenters. The molecule has 1 N–H and O–H groups in total. The van der Waals surface area contributed by atoms with Crippen molar-refractivity contribution >= 4 is 17.4 Å². The van der Waals surface area contributed by atoms with Crippen molar-refractivity contribution in [2.24, 2.45) is 5.16 Å². The Morgan fingerprint density at radius 3 is 2.15 bits per heavy atom. The molecule has 3 aromatic carbocycles. The van der Waals surface area contributed by atoms with Crippen molar-refractivity contribution in [2.75, 3.05) is 18.0 Å². The largest absolute Gasteiger partial charge is 0.477 e. The summed E-state index contributed by atoms with van der Waals surface area (Å²) in [4.78, 5) is 19.2. The van der Waals surface area contributed by atoms with Gasteiger partial charge in [-0.3, -0.25) is 0 Å². The number of anilines is 1. The molecule has 0 aliphatic carbocycles. The van der Waals surface area contributed by atoms with E-state index in [1.807, 2.05) is 30.3 Å². The van der Waals surface area contributed by atoms with Gasteiger partial charge in [-0.1, -0.05) is 78.0 Å². The summed E-state index contributed by atoms with van der Waals surface area (Å²) in [7, 11) is 0. The lowest BCUT2D eigenvalue weighted by Gasteiger charge is -2.34. The Labute approximate surface area is 195 Å². The fraction of sp³-hybridized carbons (Fsp3) is 0.286. The highest BCUT2D eigenvalue weighted by Gasteiger charge is 2.20. The minimum absolute atomic E-state index is 0.0398. The van der Waals surface area contributed by atoms with Gasteiger partial charge in [-0.15, -0.1) is 0 Å². The number of aliphatic carboxylic acids is 1. The highest BCUT2D eigenvalue weighted by Crippen LogP contribution is 2.30. The minimum atomic E-state index is -1.04. The van der Waals surface area contributed by atoms with E-state index in [-0.39, 0.29) is 12.3 Å². The Balaban J connectivity index is 1.27. The van der Waals surface area contributed by atoms with E-state index in [0.717, 1.165) is 37.1 Å². The van der Waals surface area contributed by atoms with Crippen LogP contribution in [-0.4, -0.2) is 29.9 Å². The van der Waals surface area contributed by atoms with Crippen LogP contribution in [0, 0.1) is 0 Å². The molecule has 1 heterocycles. The predicted molar refractivity (Wildman–Crippen MR) is 132 cm³/mol. The van der Waals surface area contributed by atoms with Crippen LogP contribution in [0.2, 0.25) is 0 Å². The van der Waals surface area contributed by atoms with Crippen LogP contribution in [-0.2, 0) is 22.7 Å². The van der Waals surface area contributed by atoms with E-state index >= 15 is 0 Å². The number of benzene rings is 3. The van der Waals surface area contributed by atoms with Crippen molar-refractivity contribution in [2.45, 2.75) is 38.2 Å². The first-order valence-electron chi connectivity index (χ1n) is 11.5. The van der Waals surface area contributed by atoms with E-state index in [9.17, 15) is 9.90 Å². The lowest BCUT2D eigenvalue weighted by atomic mass is 9.89. The molecule has 0 atom stereocenters. The number of aryl methyl sites for hydroxylation is 1. The van der Waals surface area contributed by atoms with Crippen LogP contribution in [0.25, 0.3) is 0 Å². The highest BCUT2D eigenvalue weighted by atomic mass is 16.6. The molecule has 170 valence electrons. The van der Waals surface area contributed by atoms with Crippen LogP contribution < -0.4 is 4.90 Å². The van der Waals surface area contributed by atoms with Crippen LogP contribution in [0.4, 0.5) is 5.69 Å². The number of nitrogens with zero attached hydrogens (tertiary/aromatic N) is 2. The van der Waals surface area contributed by atoms with Crippen LogP contribution >= 0.6 is 0 Å². The van der Waals surface area contributed by atoms with E-state index in [0.29, 0.717) is 18.8 Å². The molecule has 1 aliphatic rings. The first-order valence-corrected chi connectivity index (χ1v) is 11.5. The standard InChI is InChI=1S/C28H30N2O3/c31-28(32)27(29-33-21-23-7-3-1-4-8-23)16-13-22-11-14-26(15-12-22)30-19-17-25(18-20-30)24-9-5-2-6-10-24/h1-12,14-15,25H,13,16-21H2,(H,31,32)/b29-27-. The molecular formula is C28H30N2O3. The molecule has 0 radical (unpaired) electrons. The molecule has 1 aliphatic heterocycles. The Hall–Kier alpha value is -3.60. The SMILES string of the molecule is O=C(O)/C(CCc1ccc(N2CCC(c3ccccc3)CC2)cc1)=N\OCc1ccccc1. The van der Waals surface area contributed by atoms with Gasteiger partial charge in [0.05, 0.1) is 0 Å². The van der Waals surface area contributed by atoms with Gasteiger partial charge in [0.2, 0.25) is 0 Å². The molecule has 5 heteroatoms. The van der Waals surface area contributed by atoms with Crippen molar-refractivity contribution in [1.82, 2.24) is 0 Å². The smallest absolute Gasteiger partial charge is 0.353 e. The van der Waals surface area contributed by atoms with Crippen molar-refractivity contribution in [3.8, 4) is 0 Å². The third kappa shape index (κ3) is 6.45. The molecule has 3 aromatic rings. The molecule has 0 saturated carbocycles. The fourth-order valence-electron chi connectivity index (χ4n) is 4.28. The van der Waals surface area contributed by atoms with E-state index < -0.39 is 5.97 Å². The third-order valence-corrected chi connectivity index (χ3v) is 6.21. The average Bonchev–Trinajstić information content (AvgIpc) is 2.87. The number of hydrogen-bond donors (Lipinski definition) is 1. The first-order chi connectivity index (χ1) is 16.2. The number of carboxylic acids is 1. The molecule has 33 heavy (non-hydrogen) atoms. The third-order valence-electron chi connectivity index (χ3n) is 6.21. The maximum absolute atomic E-state index is 11.5. The van der Waals surface area contributed by atoms with E-state index in [1.165, 1.54) is 11.3 Å². The zero-order valence-electron chi connectivity index (χ0n) is 18.8. The average molecular weight is 443 g/mol. The number of hydrogen-bond acceptors (Lipinski definition) is 4. The van der Waals surface area contributed by atoms with Gasteiger partial charge in [-0.2, -0.15) is 0 Å². The maximum atomic E-state index is 11.5. The van der Waals surface area contributed by atoms with Crippen LogP contribution in [0.15, 0.2) is 90.1 Å². The molecule has 4 rings (SSSR count). The first kappa shape index (κ1) is 22.6. The molecule has 0 aromatic heterocycles. The number of piperidine rings is 1. The molecule has 0 amide bonds. The summed E-state index contributed by atoms with van der Waals surface area (Å²) < 4.78 is 0. The number of carboxylic acid groups (broad SMARTS) is 1. The Morgan fingerprint density at radius 2 is 1.52 bits per heavy atom. The highest BCUT2D eigenvalue weighted by molar-refractivity contribution is 6.35. The Morgan fingerprint density at radius 1 is 0.879 bits per heavy atom. The summed E-state index contributed by atoms with van der Waals surface area (Å²) in [6, 6.07) is 28.8. The zero-order chi connectivity index (χ0) is 22.9. The van der Waals surface area contributed by atoms with Gasteiger partial charge in [-0.25, -0.2) is 4.79 Å². The van der Waals surface area contributed by atoms with Gasteiger partial charge in [0.15, 0.2) is 5.71 Å². The van der Waals surface area contributed by atoms with Crippen LogP contribution in [0.3, 0.4) is 0 Å². The lowest BCUT2D eigenvalue weighted by molar-refractivity contribution is -0.129. The van der Waals surface area contributed by atoms with Crippen molar-refractivity contribution in [3.05, 3.63) is 102 Å². The van der Waals surface area contributed by atoms with Crippen LogP contribution in [0.1, 0.15) is 41.9 Å². The topological polar surface area (TPSA) is 62.1 Å². The summed E-state index contributed by atoms with van der Waals surface area (Å²) >= 11 is 0. The molecule has 5 nitrogen and oxygen atoms in total. The summed E-state index contributed by atoms with van der Waals surface area (Å²) in [5, 5.41) is 13.3. The van der Waals surface area contributed by atoms with Gasteiger partial charge in [-0.05, 0) is 54.0 Å². The molecule has 1 fully saturated rings. The van der Waals surface area contributed by atoms with E-state index in [2.05, 4.69) is 64.7 Å². The van der Waals surface area contributed by atoms with Crippen molar-refractivity contribution in [3.63, 3.8) is 0 Å². The van der Waals surface area contributed by atoms with E-state index in [4.69, 9.17) is 4.84 Å². The van der Waals surface area contributed by atoms with Gasteiger partial charge < -0.3 is 14.8 Å². The quantitative estimate of drug-likeness (QED) is 0.343. The van der Waals surface area contributed by atoms with Crippen LogP contribution in [0.5, 0.6) is 0 Å². The van der Waals surface area contributed by atoms with Gasteiger partial charge in [0, 0.05) is 25.2 Å².